The van der Waals surface area contributed by atoms with Crippen LogP contribution in [0.1, 0.15) is 25.0 Å². The molecule has 0 radical (unpaired) electrons. The number of carbonyl (C=O) groups is 2. The quantitative estimate of drug-likeness (QED) is 0.814. The molecule has 7 heteroatoms. The highest BCUT2D eigenvalue weighted by Gasteiger charge is 2.22. The zero-order valence-electron chi connectivity index (χ0n) is 12.6. The molecule has 0 atom stereocenters. The smallest absolute Gasteiger partial charge is 0.239 e. The molecule has 1 aliphatic heterocycles. The first-order chi connectivity index (χ1) is 9.94. The topological polar surface area (TPSA) is 93.3 Å². The number of piperidine rings is 1. The molecule has 1 saturated heterocycles. The lowest BCUT2D eigenvalue weighted by molar-refractivity contribution is -0.120. The second kappa shape index (κ2) is 6.71. The van der Waals surface area contributed by atoms with Crippen molar-refractivity contribution in [2.45, 2.75) is 26.2 Å². The van der Waals surface area contributed by atoms with Gasteiger partial charge in [-0.15, -0.1) is 0 Å². The Kier molecular flexibility index (Phi) is 4.95. The molecule has 2 amide bonds. The Bertz CT molecular complexity index is 517. The van der Waals surface area contributed by atoms with Crippen LogP contribution in [0, 0.1) is 12.8 Å². The molecule has 2 heterocycles. The molecule has 1 aliphatic rings. The number of hydrogen-bond donors (Lipinski definition) is 2. The van der Waals surface area contributed by atoms with Gasteiger partial charge in [0.25, 0.3) is 0 Å². The third-order valence-electron chi connectivity index (χ3n) is 3.83. The Hall–Kier alpha value is -1.89. The van der Waals surface area contributed by atoms with E-state index in [0.717, 1.165) is 31.6 Å². The number of nitrogens with zero attached hydrogens (tertiary/aromatic N) is 3. The summed E-state index contributed by atoms with van der Waals surface area (Å²) in [6, 6.07) is 1.84. The fraction of sp³-hybridized carbons (Fsp3) is 0.643. The van der Waals surface area contributed by atoms with Gasteiger partial charge in [0.2, 0.25) is 11.8 Å². The third kappa shape index (κ3) is 4.56. The minimum Gasteiger partial charge on any atom is -0.370 e. The number of rotatable bonds is 5. The van der Waals surface area contributed by atoms with Crippen LogP contribution in [0.25, 0.3) is 0 Å². The fourth-order valence-corrected chi connectivity index (χ4v) is 2.75. The number of amides is 2. The summed E-state index contributed by atoms with van der Waals surface area (Å²) in [5, 5.41) is 7.06. The highest BCUT2D eigenvalue weighted by atomic mass is 16.2. The number of nitrogens with one attached hydrogen (secondary N) is 1. The fourth-order valence-electron chi connectivity index (χ4n) is 2.75. The first-order valence-electron chi connectivity index (χ1n) is 7.25. The molecule has 0 spiro atoms. The van der Waals surface area contributed by atoms with E-state index >= 15 is 0 Å². The largest absolute Gasteiger partial charge is 0.370 e. The summed E-state index contributed by atoms with van der Waals surface area (Å²) >= 11 is 0. The summed E-state index contributed by atoms with van der Waals surface area (Å²) in [5.41, 5.74) is 6.09. The molecule has 0 aliphatic carbocycles. The van der Waals surface area contributed by atoms with Gasteiger partial charge in [0.15, 0.2) is 0 Å². The molecule has 0 bridgehead atoms. The van der Waals surface area contributed by atoms with Gasteiger partial charge < -0.3 is 11.1 Å². The number of carbonyl (C=O) groups excluding carboxylic acids is 2. The van der Waals surface area contributed by atoms with E-state index in [1.54, 1.807) is 11.7 Å². The van der Waals surface area contributed by atoms with Crippen LogP contribution in [0.15, 0.2) is 6.07 Å². The van der Waals surface area contributed by atoms with Crippen LogP contribution in [-0.4, -0.2) is 46.1 Å². The summed E-state index contributed by atoms with van der Waals surface area (Å²) in [6.45, 7) is 3.91. The second-order valence-electron chi connectivity index (χ2n) is 5.73. The summed E-state index contributed by atoms with van der Waals surface area (Å²) in [7, 11) is 1.80. The van der Waals surface area contributed by atoms with Crippen LogP contribution in [0.4, 0.5) is 5.82 Å². The molecule has 116 valence electrons. The summed E-state index contributed by atoms with van der Waals surface area (Å²) in [6.07, 6.45) is 2.29. The van der Waals surface area contributed by atoms with Crippen molar-refractivity contribution in [3.8, 4) is 0 Å². The lowest BCUT2D eigenvalue weighted by atomic mass is 9.93. The van der Waals surface area contributed by atoms with Crippen LogP contribution in [0.5, 0.6) is 0 Å². The predicted molar refractivity (Wildman–Crippen MR) is 79.6 cm³/mol. The number of aromatic nitrogens is 2. The second-order valence-corrected chi connectivity index (χ2v) is 5.73. The van der Waals surface area contributed by atoms with E-state index in [4.69, 9.17) is 5.73 Å². The Balaban J connectivity index is 1.77. The molecule has 7 nitrogen and oxygen atoms in total. The van der Waals surface area contributed by atoms with Gasteiger partial charge in [-0.1, -0.05) is 0 Å². The minimum absolute atomic E-state index is 0.0358. The van der Waals surface area contributed by atoms with Crippen molar-refractivity contribution in [2.24, 2.45) is 18.7 Å². The van der Waals surface area contributed by atoms with Crippen LogP contribution < -0.4 is 11.1 Å². The van der Waals surface area contributed by atoms with E-state index in [2.05, 4.69) is 15.3 Å². The van der Waals surface area contributed by atoms with Crippen LogP contribution >= 0.6 is 0 Å². The van der Waals surface area contributed by atoms with Crippen molar-refractivity contribution in [1.82, 2.24) is 14.7 Å². The van der Waals surface area contributed by atoms with Gasteiger partial charge in [-0.05, 0) is 38.8 Å². The van der Waals surface area contributed by atoms with Gasteiger partial charge in [0.05, 0.1) is 12.2 Å². The van der Waals surface area contributed by atoms with Crippen molar-refractivity contribution in [2.75, 3.05) is 25.0 Å². The highest BCUT2D eigenvalue weighted by molar-refractivity contribution is 5.91. The number of aryl methyl sites for hydroxylation is 2. The van der Waals surface area contributed by atoms with E-state index < -0.39 is 0 Å². The number of hydrogen-bond acceptors (Lipinski definition) is 4. The maximum absolute atomic E-state index is 12.0. The SMILES string of the molecule is Cc1cc(NC(=O)CN2CCC(CC(N)=O)CC2)n(C)n1. The van der Waals surface area contributed by atoms with Crippen molar-refractivity contribution in [3.05, 3.63) is 11.8 Å². The molecule has 1 fully saturated rings. The maximum Gasteiger partial charge on any atom is 0.239 e. The van der Waals surface area contributed by atoms with E-state index in [-0.39, 0.29) is 11.8 Å². The van der Waals surface area contributed by atoms with Gasteiger partial charge in [0, 0.05) is 19.5 Å². The summed E-state index contributed by atoms with van der Waals surface area (Å²) < 4.78 is 1.66. The van der Waals surface area contributed by atoms with E-state index in [0.29, 0.717) is 24.7 Å². The standard InChI is InChI=1S/C14H23N5O2/c1-10-7-13(18(2)17-10)16-14(21)9-19-5-3-11(4-6-19)8-12(15)20/h7,11H,3-6,8-9H2,1-2H3,(H2,15,20)(H,16,21). The number of anilines is 1. The zero-order chi connectivity index (χ0) is 15.4. The van der Waals surface area contributed by atoms with Crippen LogP contribution in [-0.2, 0) is 16.6 Å². The zero-order valence-corrected chi connectivity index (χ0v) is 12.6. The monoisotopic (exact) mass is 293 g/mol. The van der Waals surface area contributed by atoms with Gasteiger partial charge in [-0.2, -0.15) is 5.10 Å². The van der Waals surface area contributed by atoms with Gasteiger partial charge in [-0.3, -0.25) is 19.2 Å². The molecule has 0 aromatic carbocycles. The molecule has 1 aromatic heterocycles. The molecular formula is C14H23N5O2. The lowest BCUT2D eigenvalue weighted by Gasteiger charge is -2.30. The highest BCUT2D eigenvalue weighted by Crippen LogP contribution is 2.20. The Morgan fingerprint density at radius 2 is 2.10 bits per heavy atom. The number of primary amides is 1. The molecule has 3 N–H and O–H groups in total. The van der Waals surface area contributed by atoms with Gasteiger partial charge in [-0.25, -0.2) is 0 Å². The lowest BCUT2D eigenvalue weighted by Crippen LogP contribution is -2.40. The average molecular weight is 293 g/mol. The van der Waals surface area contributed by atoms with Gasteiger partial charge in [0.1, 0.15) is 5.82 Å². The first kappa shape index (κ1) is 15.5. The molecular weight excluding hydrogens is 270 g/mol. The number of likely N-dealkylation sites (tertiary alicyclic amines) is 1. The van der Waals surface area contributed by atoms with Crippen molar-refractivity contribution in [3.63, 3.8) is 0 Å². The third-order valence-corrected chi connectivity index (χ3v) is 3.83. The Morgan fingerprint density at radius 3 is 2.62 bits per heavy atom. The van der Waals surface area contributed by atoms with E-state index in [1.807, 2.05) is 13.0 Å². The van der Waals surface area contributed by atoms with Gasteiger partial charge >= 0.3 is 0 Å². The molecule has 21 heavy (non-hydrogen) atoms. The predicted octanol–water partition coefficient (Wildman–Crippen LogP) is 0.254. The Labute approximate surface area is 124 Å². The minimum atomic E-state index is -0.238. The van der Waals surface area contributed by atoms with E-state index in [1.165, 1.54) is 0 Å². The maximum atomic E-state index is 12.0. The Morgan fingerprint density at radius 1 is 1.43 bits per heavy atom. The molecule has 0 unspecified atom stereocenters. The van der Waals surface area contributed by atoms with Crippen molar-refractivity contribution < 1.29 is 9.59 Å². The normalized spacial score (nSPS) is 16.9. The summed E-state index contributed by atoms with van der Waals surface area (Å²) in [5.74, 6) is 0.798. The summed E-state index contributed by atoms with van der Waals surface area (Å²) in [4.78, 5) is 25.0. The first-order valence-corrected chi connectivity index (χ1v) is 7.25. The van der Waals surface area contributed by atoms with Crippen LogP contribution in [0.3, 0.4) is 0 Å². The average Bonchev–Trinajstić information content (AvgIpc) is 2.69. The van der Waals surface area contributed by atoms with Crippen molar-refractivity contribution in [1.29, 1.82) is 0 Å². The van der Waals surface area contributed by atoms with Crippen LogP contribution in [0.2, 0.25) is 0 Å². The molecule has 1 aromatic rings. The van der Waals surface area contributed by atoms with Crippen molar-refractivity contribution >= 4 is 17.6 Å². The molecule has 2 rings (SSSR count). The number of nitrogens with two attached hydrogens (primary N) is 1. The molecule has 0 saturated carbocycles. The van der Waals surface area contributed by atoms with E-state index in [9.17, 15) is 9.59 Å².